The molecular weight excluding hydrogens is 525 g/mol. The van der Waals surface area contributed by atoms with Crippen molar-refractivity contribution in [2.45, 2.75) is 37.8 Å². The summed E-state index contributed by atoms with van der Waals surface area (Å²) in [5.41, 5.74) is 0.726. The van der Waals surface area contributed by atoms with Crippen LogP contribution in [0.15, 0.2) is 66.9 Å². The van der Waals surface area contributed by atoms with Gasteiger partial charge in [-0.3, -0.25) is 14.6 Å². The lowest BCUT2D eigenvalue weighted by Gasteiger charge is -2.21. The van der Waals surface area contributed by atoms with E-state index in [2.05, 4.69) is 15.0 Å². The largest absolute Gasteiger partial charge is 0.573 e. The van der Waals surface area contributed by atoms with Gasteiger partial charge in [-0.1, -0.05) is 23.7 Å². The van der Waals surface area contributed by atoms with E-state index in [1.807, 2.05) is 0 Å². The highest BCUT2D eigenvalue weighted by Gasteiger charge is 2.65. The van der Waals surface area contributed by atoms with E-state index in [0.717, 1.165) is 22.6 Å². The number of urea groups is 1. The molecule has 1 saturated carbocycles. The van der Waals surface area contributed by atoms with Gasteiger partial charge in [0.2, 0.25) is 0 Å². The van der Waals surface area contributed by atoms with Gasteiger partial charge in [0, 0.05) is 24.3 Å². The lowest BCUT2D eigenvalue weighted by Crippen LogP contribution is -2.36. The van der Waals surface area contributed by atoms with Gasteiger partial charge < -0.3 is 15.0 Å². The average molecular weight is 545 g/mol. The summed E-state index contributed by atoms with van der Waals surface area (Å²) in [5, 5.41) is 3.37. The van der Waals surface area contributed by atoms with Crippen molar-refractivity contribution >= 4 is 35.1 Å². The first kappa shape index (κ1) is 25.5. The Balaban J connectivity index is 1.29. The first-order chi connectivity index (χ1) is 18.1. The van der Waals surface area contributed by atoms with Crippen LogP contribution in [0.25, 0.3) is 0 Å². The molecule has 1 N–H and O–H groups in total. The Morgan fingerprint density at radius 1 is 1.03 bits per heavy atom. The van der Waals surface area contributed by atoms with Gasteiger partial charge in [-0.2, -0.15) is 0 Å². The molecule has 0 unspecified atom stereocenters. The van der Waals surface area contributed by atoms with Crippen molar-refractivity contribution in [1.29, 1.82) is 0 Å². The Morgan fingerprint density at radius 2 is 1.71 bits per heavy atom. The van der Waals surface area contributed by atoms with Gasteiger partial charge in [0.1, 0.15) is 17.0 Å². The maximum absolute atomic E-state index is 13.3. The number of ether oxygens (including phenoxy) is 1. The van der Waals surface area contributed by atoms with Crippen LogP contribution in [0.5, 0.6) is 5.75 Å². The van der Waals surface area contributed by atoms with Crippen LogP contribution in [0.2, 0.25) is 5.02 Å². The molecular formula is C26H20ClF3N4O4. The van der Waals surface area contributed by atoms with Gasteiger partial charge in [-0.15, -0.1) is 13.2 Å². The third-order valence-corrected chi connectivity index (χ3v) is 6.61. The van der Waals surface area contributed by atoms with Crippen LogP contribution in [0.1, 0.15) is 34.5 Å². The molecule has 38 heavy (non-hydrogen) atoms. The molecule has 1 spiro atoms. The minimum atomic E-state index is -4.86. The Hall–Kier alpha value is -4.12. The van der Waals surface area contributed by atoms with Crippen LogP contribution < -0.4 is 15.0 Å². The molecule has 1 aliphatic heterocycles. The second kappa shape index (κ2) is 9.64. The fraction of sp³-hybridized carbons (Fsp3) is 0.231. The minimum Gasteiger partial charge on any atom is -0.406 e. The lowest BCUT2D eigenvalue weighted by atomic mass is 10.1. The first-order valence-corrected chi connectivity index (χ1v) is 11.9. The summed E-state index contributed by atoms with van der Waals surface area (Å²) in [4.78, 5) is 45.7. The zero-order valence-corrected chi connectivity index (χ0v) is 20.4. The maximum Gasteiger partial charge on any atom is 0.573 e. The second-order valence-corrected chi connectivity index (χ2v) is 9.38. The van der Waals surface area contributed by atoms with Crippen LogP contribution in [-0.4, -0.2) is 39.6 Å². The summed E-state index contributed by atoms with van der Waals surface area (Å²) in [7, 11) is 0. The van der Waals surface area contributed by atoms with E-state index in [4.69, 9.17) is 11.6 Å². The highest BCUT2D eigenvalue weighted by molar-refractivity contribution is 6.30. The number of alkyl halides is 3. The second-order valence-electron chi connectivity index (χ2n) is 8.94. The summed E-state index contributed by atoms with van der Waals surface area (Å²) >= 11 is 5.88. The zero-order valence-electron chi connectivity index (χ0n) is 19.7. The van der Waals surface area contributed by atoms with E-state index in [9.17, 15) is 27.6 Å². The molecule has 2 fully saturated rings. The van der Waals surface area contributed by atoms with Gasteiger partial charge in [-0.25, -0.2) is 9.69 Å². The number of hydrogen-bond donors (Lipinski definition) is 1. The number of rotatable bonds is 7. The quantitative estimate of drug-likeness (QED) is 0.420. The lowest BCUT2D eigenvalue weighted by molar-refractivity contribution is -0.274. The molecule has 0 bridgehead atoms. The molecule has 2 heterocycles. The van der Waals surface area contributed by atoms with Gasteiger partial charge in [0.15, 0.2) is 0 Å². The number of carbonyl (C=O) groups excluding carboxylic acids is 3. The summed E-state index contributed by atoms with van der Waals surface area (Å²) in [6.45, 7) is 0.322. The number of pyridine rings is 1. The predicted molar refractivity (Wildman–Crippen MR) is 130 cm³/mol. The highest BCUT2D eigenvalue weighted by Crippen LogP contribution is 2.49. The van der Waals surface area contributed by atoms with Crippen LogP contribution in [0, 0.1) is 0 Å². The highest BCUT2D eigenvalue weighted by atomic mass is 35.5. The molecule has 1 aliphatic carbocycles. The van der Waals surface area contributed by atoms with Crippen molar-refractivity contribution in [3.8, 4) is 5.75 Å². The third kappa shape index (κ3) is 5.14. The number of nitrogens with one attached hydrogen (secondary N) is 1. The summed E-state index contributed by atoms with van der Waals surface area (Å²) < 4.78 is 41.3. The summed E-state index contributed by atoms with van der Waals surface area (Å²) in [6, 6.07) is 14.2. The zero-order chi connectivity index (χ0) is 27.1. The van der Waals surface area contributed by atoms with E-state index >= 15 is 0 Å². The maximum atomic E-state index is 13.3. The van der Waals surface area contributed by atoms with E-state index in [-0.39, 0.29) is 24.5 Å². The van der Waals surface area contributed by atoms with E-state index in [1.54, 1.807) is 36.4 Å². The van der Waals surface area contributed by atoms with Crippen molar-refractivity contribution in [3.63, 3.8) is 0 Å². The molecule has 4 amide bonds. The van der Waals surface area contributed by atoms with Crippen molar-refractivity contribution in [3.05, 3.63) is 88.7 Å². The molecule has 3 aromatic rings. The van der Waals surface area contributed by atoms with Crippen LogP contribution in [-0.2, 0) is 17.9 Å². The molecule has 0 atom stereocenters. The number of imide groups is 1. The van der Waals surface area contributed by atoms with E-state index < -0.39 is 35.5 Å². The predicted octanol–water partition coefficient (Wildman–Crippen LogP) is 5.07. The van der Waals surface area contributed by atoms with Crippen molar-refractivity contribution in [2.75, 3.05) is 4.90 Å². The van der Waals surface area contributed by atoms with Gasteiger partial charge in [0.25, 0.3) is 11.8 Å². The molecule has 8 nitrogen and oxygen atoms in total. The number of anilines is 1. The van der Waals surface area contributed by atoms with Crippen molar-refractivity contribution in [1.82, 2.24) is 15.2 Å². The number of hydrogen-bond acceptors (Lipinski definition) is 5. The Labute approximate surface area is 220 Å². The topological polar surface area (TPSA) is 91.8 Å². The number of halogens is 4. The average Bonchev–Trinajstić information content (AvgIpc) is 3.66. The Kier molecular flexibility index (Phi) is 6.47. The standard InChI is InChI=1S/C26H20ClF3N4O4/c27-18-3-1-16(2-4-18)14-32-22(35)21-13-17(9-12-31-21)15-33-24(37)34(23(36)25(33)10-11-25)19-5-7-20(8-6-19)38-26(28,29)30/h1-9,12-13H,10-11,14-15H2,(H,32,35). The van der Waals surface area contributed by atoms with E-state index in [0.29, 0.717) is 23.4 Å². The van der Waals surface area contributed by atoms with Crippen LogP contribution >= 0.6 is 11.6 Å². The molecule has 5 rings (SSSR count). The smallest absolute Gasteiger partial charge is 0.406 e. The Morgan fingerprint density at radius 3 is 2.34 bits per heavy atom. The number of aromatic nitrogens is 1. The molecule has 196 valence electrons. The molecule has 2 aromatic carbocycles. The van der Waals surface area contributed by atoms with Crippen LogP contribution in [0.4, 0.5) is 23.7 Å². The number of nitrogens with zero attached hydrogens (tertiary/aromatic N) is 3. The monoisotopic (exact) mass is 544 g/mol. The normalized spacial score (nSPS) is 16.2. The van der Waals surface area contributed by atoms with Crippen molar-refractivity contribution < 1.29 is 32.3 Å². The van der Waals surface area contributed by atoms with Crippen molar-refractivity contribution in [2.24, 2.45) is 0 Å². The summed E-state index contributed by atoms with van der Waals surface area (Å²) in [6.07, 6.45) is -2.48. The van der Waals surface area contributed by atoms with Gasteiger partial charge in [-0.05, 0) is 72.5 Å². The van der Waals surface area contributed by atoms with E-state index in [1.165, 1.54) is 23.2 Å². The minimum absolute atomic E-state index is 0.0519. The fourth-order valence-corrected chi connectivity index (χ4v) is 4.44. The fourth-order valence-electron chi connectivity index (χ4n) is 4.31. The molecule has 1 saturated heterocycles. The first-order valence-electron chi connectivity index (χ1n) is 11.6. The van der Waals surface area contributed by atoms with Crippen LogP contribution in [0.3, 0.4) is 0 Å². The molecule has 1 aromatic heterocycles. The number of benzene rings is 2. The molecule has 0 radical (unpaired) electrons. The SMILES string of the molecule is O=C(NCc1ccc(Cl)cc1)c1cc(CN2C(=O)N(c3ccc(OC(F)(F)F)cc3)C(=O)C23CC3)ccn1. The third-order valence-electron chi connectivity index (χ3n) is 6.36. The van der Waals surface area contributed by atoms with Gasteiger partial charge >= 0.3 is 12.4 Å². The molecule has 2 aliphatic rings. The Bertz CT molecular complexity index is 1390. The van der Waals surface area contributed by atoms with Gasteiger partial charge in [0.05, 0.1) is 5.69 Å². The molecule has 12 heteroatoms. The number of carbonyl (C=O) groups is 3. The number of amides is 4. The summed E-state index contributed by atoms with van der Waals surface area (Å²) in [5.74, 6) is -1.31.